The van der Waals surface area contributed by atoms with E-state index in [0.717, 1.165) is 61.8 Å². The zero-order valence-corrected chi connectivity index (χ0v) is 16.8. The number of rotatable bonds is 6. The van der Waals surface area contributed by atoms with Crippen molar-refractivity contribution in [1.82, 2.24) is 10.3 Å². The molecule has 0 spiro atoms. The van der Waals surface area contributed by atoms with Gasteiger partial charge < -0.3 is 24.6 Å². The van der Waals surface area contributed by atoms with Crippen LogP contribution in [0.15, 0.2) is 42.6 Å². The van der Waals surface area contributed by atoms with Crippen LogP contribution in [0.1, 0.15) is 18.4 Å². The van der Waals surface area contributed by atoms with Crippen LogP contribution in [0.25, 0.3) is 0 Å². The molecule has 2 aromatic rings. The highest BCUT2D eigenvalue weighted by atomic mass is 16.5. The number of para-hydroxylation sites is 2. The third-order valence-corrected chi connectivity index (χ3v) is 5.55. The monoisotopic (exact) mass is 396 g/mol. The molecule has 7 nitrogen and oxygen atoms in total. The normalized spacial score (nSPS) is 19.3. The Balaban J connectivity index is 1.39. The van der Waals surface area contributed by atoms with Gasteiger partial charge in [-0.3, -0.25) is 4.79 Å². The molecule has 4 rings (SSSR count). The van der Waals surface area contributed by atoms with Gasteiger partial charge in [-0.25, -0.2) is 4.98 Å². The van der Waals surface area contributed by atoms with Crippen LogP contribution in [0.2, 0.25) is 0 Å². The quantitative estimate of drug-likeness (QED) is 0.808. The van der Waals surface area contributed by atoms with Crippen molar-refractivity contribution in [2.24, 2.45) is 0 Å². The summed E-state index contributed by atoms with van der Waals surface area (Å²) >= 11 is 0. The molecule has 2 aliphatic rings. The fraction of sp³-hybridized carbons (Fsp3) is 0.455. The highest BCUT2D eigenvalue weighted by Crippen LogP contribution is 2.29. The summed E-state index contributed by atoms with van der Waals surface area (Å²) in [6.45, 7) is 4.64. The Labute approximate surface area is 171 Å². The smallest absolute Gasteiger partial charge is 0.249 e. The van der Waals surface area contributed by atoms with Crippen LogP contribution in [0.4, 0.5) is 11.5 Å². The highest BCUT2D eigenvalue weighted by molar-refractivity contribution is 5.81. The van der Waals surface area contributed by atoms with Crippen molar-refractivity contribution in [2.45, 2.75) is 25.5 Å². The fourth-order valence-electron chi connectivity index (χ4n) is 3.98. The summed E-state index contributed by atoms with van der Waals surface area (Å²) in [5.74, 6) is 1.81. The molecule has 1 unspecified atom stereocenters. The van der Waals surface area contributed by atoms with Crippen molar-refractivity contribution >= 4 is 17.4 Å². The number of carbonyl (C=O) groups is 1. The van der Waals surface area contributed by atoms with Crippen molar-refractivity contribution in [1.29, 1.82) is 0 Å². The van der Waals surface area contributed by atoms with E-state index in [-0.39, 0.29) is 12.0 Å². The van der Waals surface area contributed by atoms with E-state index in [1.165, 1.54) is 0 Å². The lowest BCUT2D eigenvalue weighted by molar-refractivity contribution is -0.130. The van der Waals surface area contributed by atoms with E-state index in [2.05, 4.69) is 26.2 Å². The summed E-state index contributed by atoms with van der Waals surface area (Å²) in [7, 11) is 1.71. The number of aromatic nitrogens is 1. The van der Waals surface area contributed by atoms with Crippen molar-refractivity contribution in [3.8, 4) is 5.75 Å². The third-order valence-electron chi connectivity index (χ3n) is 5.55. The Bertz CT molecular complexity index is 830. The SMILES string of the molecule is COc1ccccc1N1CCN(c2ncccc2CNC(=O)C2CCCO2)CC1. The number of pyridine rings is 1. The zero-order valence-electron chi connectivity index (χ0n) is 16.8. The zero-order chi connectivity index (χ0) is 20.1. The van der Waals surface area contributed by atoms with Crippen LogP contribution >= 0.6 is 0 Å². The second kappa shape index (κ2) is 9.13. The van der Waals surface area contributed by atoms with E-state index in [9.17, 15) is 4.79 Å². The Morgan fingerprint density at radius 1 is 1.17 bits per heavy atom. The minimum Gasteiger partial charge on any atom is -0.495 e. The number of hydrogen-bond donors (Lipinski definition) is 1. The van der Waals surface area contributed by atoms with E-state index in [1.54, 1.807) is 7.11 Å². The van der Waals surface area contributed by atoms with Gasteiger partial charge in [0.1, 0.15) is 17.7 Å². The van der Waals surface area contributed by atoms with E-state index < -0.39 is 0 Å². The van der Waals surface area contributed by atoms with Crippen molar-refractivity contribution in [2.75, 3.05) is 49.7 Å². The molecule has 1 aromatic heterocycles. The van der Waals surface area contributed by atoms with E-state index >= 15 is 0 Å². The molecule has 29 heavy (non-hydrogen) atoms. The molecule has 2 aliphatic heterocycles. The second-order valence-electron chi connectivity index (χ2n) is 7.35. The van der Waals surface area contributed by atoms with Crippen molar-refractivity contribution in [3.63, 3.8) is 0 Å². The average molecular weight is 396 g/mol. The number of nitrogens with zero attached hydrogens (tertiary/aromatic N) is 3. The topological polar surface area (TPSA) is 66.9 Å². The number of amides is 1. The number of hydrogen-bond acceptors (Lipinski definition) is 6. The lowest BCUT2D eigenvalue weighted by Gasteiger charge is -2.37. The Morgan fingerprint density at radius 3 is 2.72 bits per heavy atom. The number of piperazine rings is 1. The first-order chi connectivity index (χ1) is 14.3. The molecule has 154 valence electrons. The number of anilines is 2. The van der Waals surface area contributed by atoms with Gasteiger partial charge in [-0.05, 0) is 31.0 Å². The summed E-state index contributed by atoms with van der Waals surface area (Å²) < 4.78 is 11.0. The van der Waals surface area contributed by atoms with Gasteiger partial charge in [0.05, 0.1) is 12.8 Å². The molecular weight excluding hydrogens is 368 g/mol. The van der Waals surface area contributed by atoms with Crippen molar-refractivity contribution < 1.29 is 14.3 Å². The van der Waals surface area contributed by atoms with Gasteiger partial charge in [0.2, 0.25) is 5.91 Å². The lowest BCUT2D eigenvalue weighted by Crippen LogP contribution is -2.47. The van der Waals surface area contributed by atoms with Crippen LogP contribution in [0, 0.1) is 0 Å². The highest BCUT2D eigenvalue weighted by Gasteiger charge is 2.25. The molecule has 0 bridgehead atoms. The Morgan fingerprint density at radius 2 is 1.97 bits per heavy atom. The molecular formula is C22H28N4O3. The number of methoxy groups -OCH3 is 1. The first-order valence-corrected chi connectivity index (χ1v) is 10.2. The predicted octanol–water partition coefficient (Wildman–Crippen LogP) is 2.21. The molecule has 3 heterocycles. The molecule has 1 aromatic carbocycles. The molecule has 0 radical (unpaired) electrons. The number of carbonyl (C=O) groups excluding carboxylic acids is 1. The minimum atomic E-state index is -0.306. The minimum absolute atomic E-state index is 0.0294. The number of benzene rings is 1. The maximum Gasteiger partial charge on any atom is 0.249 e. The van der Waals surface area contributed by atoms with Crippen LogP contribution in [-0.4, -0.2) is 56.9 Å². The summed E-state index contributed by atoms with van der Waals surface area (Å²) in [5, 5.41) is 3.01. The summed E-state index contributed by atoms with van der Waals surface area (Å²) in [4.78, 5) is 21.5. The van der Waals surface area contributed by atoms with Gasteiger partial charge >= 0.3 is 0 Å². The average Bonchev–Trinajstić information content (AvgIpc) is 3.33. The van der Waals surface area contributed by atoms with Gasteiger partial charge in [-0.15, -0.1) is 0 Å². The van der Waals surface area contributed by atoms with Crippen LogP contribution < -0.4 is 19.9 Å². The molecule has 1 amide bonds. The van der Waals surface area contributed by atoms with Gasteiger partial charge in [0, 0.05) is 51.1 Å². The van der Waals surface area contributed by atoms with Crippen LogP contribution in [0.3, 0.4) is 0 Å². The maximum atomic E-state index is 12.3. The molecule has 1 N–H and O–H groups in total. The first-order valence-electron chi connectivity index (χ1n) is 10.2. The lowest BCUT2D eigenvalue weighted by atomic mass is 10.2. The summed E-state index contributed by atoms with van der Waals surface area (Å²) in [6, 6.07) is 12.1. The van der Waals surface area contributed by atoms with Crippen LogP contribution in [-0.2, 0) is 16.1 Å². The van der Waals surface area contributed by atoms with E-state index in [1.807, 2.05) is 36.5 Å². The van der Waals surface area contributed by atoms with Gasteiger partial charge in [0.15, 0.2) is 0 Å². The van der Waals surface area contributed by atoms with Crippen LogP contribution in [0.5, 0.6) is 5.75 Å². The van der Waals surface area contributed by atoms with Crippen molar-refractivity contribution in [3.05, 3.63) is 48.2 Å². The van der Waals surface area contributed by atoms with Gasteiger partial charge in [-0.2, -0.15) is 0 Å². The second-order valence-corrected chi connectivity index (χ2v) is 7.35. The largest absolute Gasteiger partial charge is 0.495 e. The van der Waals surface area contributed by atoms with E-state index in [4.69, 9.17) is 9.47 Å². The fourth-order valence-corrected chi connectivity index (χ4v) is 3.98. The Hall–Kier alpha value is -2.80. The molecule has 0 aliphatic carbocycles. The molecule has 2 fully saturated rings. The van der Waals surface area contributed by atoms with Gasteiger partial charge in [0.25, 0.3) is 0 Å². The summed E-state index contributed by atoms with van der Waals surface area (Å²) in [6.07, 6.45) is 3.26. The predicted molar refractivity (Wildman–Crippen MR) is 112 cm³/mol. The first kappa shape index (κ1) is 19.5. The molecule has 7 heteroatoms. The maximum absolute atomic E-state index is 12.3. The third kappa shape index (κ3) is 4.45. The molecule has 0 saturated carbocycles. The van der Waals surface area contributed by atoms with Gasteiger partial charge in [-0.1, -0.05) is 18.2 Å². The Kier molecular flexibility index (Phi) is 6.14. The molecule has 1 atom stereocenters. The summed E-state index contributed by atoms with van der Waals surface area (Å²) in [5.41, 5.74) is 2.16. The number of nitrogens with one attached hydrogen (secondary N) is 1. The number of ether oxygens (including phenoxy) is 2. The van der Waals surface area contributed by atoms with E-state index in [0.29, 0.717) is 13.2 Å². The molecule has 2 saturated heterocycles. The standard InChI is InChI=1S/C22H28N4O3/c1-28-19-8-3-2-7-18(19)25-11-13-26(14-12-25)21-17(6-4-10-23-21)16-24-22(27)20-9-5-15-29-20/h2-4,6-8,10,20H,5,9,11-16H2,1H3,(H,24,27).